The van der Waals surface area contributed by atoms with Crippen LogP contribution in [0.1, 0.15) is 6.92 Å². The van der Waals surface area contributed by atoms with Crippen LogP contribution in [-0.2, 0) is 9.53 Å². The second-order valence-corrected chi connectivity index (χ2v) is 3.90. The zero-order chi connectivity index (χ0) is 12.5. The van der Waals surface area contributed by atoms with Crippen LogP contribution in [0.25, 0.3) is 0 Å². The third-order valence-corrected chi connectivity index (χ3v) is 2.29. The van der Waals surface area contributed by atoms with Gasteiger partial charge in [-0.15, -0.1) is 0 Å². The Hall–Kier alpha value is -1.10. The van der Waals surface area contributed by atoms with Crippen LogP contribution in [0.15, 0.2) is 24.3 Å². The summed E-state index contributed by atoms with van der Waals surface area (Å²) in [6, 6.07) is 6.95. The van der Waals surface area contributed by atoms with Gasteiger partial charge in [-0.1, -0.05) is 18.5 Å². The second-order valence-electron chi connectivity index (χ2n) is 3.46. The molecule has 0 aliphatic rings. The molecule has 2 N–H and O–H groups in total. The maximum Gasteiger partial charge on any atom is 0.250 e. The molecule has 0 unspecified atom stereocenters. The van der Waals surface area contributed by atoms with Crippen molar-refractivity contribution in [1.29, 1.82) is 0 Å². The summed E-state index contributed by atoms with van der Waals surface area (Å²) >= 11 is 5.74. The van der Waals surface area contributed by atoms with Crippen LogP contribution in [0.5, 0.6) is 0 Å². The van der Waals surface area contributed by atoms with Crippen LogP contribution in [0.4, 0.5) is 5.69 Å². The monoisotopic (exact) mass is 256 g/mol. The van der Waals surface area contributed by atoms with E-state index in [2.05, 4.69) is 10.6 Å². The predicted octanol–water partition coefficient (Wildman–Crippen LogP) is 1.90. The molecule has 5 heteroatoms. The molecule has 0 fully saturated rings. The molecule has 0 saturated heterocycles. The average molecular weight is 257 g/mol. The van der Waals surface area contributed by atoms with Gasteiger partial charge in [0, 0.05) is 17.3 Å². The van der Waals surface area contributed by atoms with E-state index in [1.54, 1.807) is 24.3 Å². The first kappa shape index (κ1) is 14.0. The molecule has 1 aromatic rings. The lowest BCUT2D eigenvalue weighted by Gasteiger charge is -2.06. The molecule has 0 bridgehead atoms. The van der Waals surface area contributed by atoms with E-state index in [0.717, 1.165) is 18.8 Å². The van der Waals surface area contributed by atoms with Crippen molar-refractivity contribution in [2.75, 3.05) is 31.6 Å². The summed E-state index contributed by atoms with van der Waals surface area (Å²) in [5.74, 6) is -0.163. The number of carbonyl (C=O) groups excluding carboxylic acids is 1. The van der Waals surface area contributed by atoms with Crippen molar-refractivity contribution in [2.24, 2.45) is 0 Å². The highest BCUT2D eigenvalue weighted by atomic mass is 35.5. The van der Waals surface area contributed by atoms with Crippen LogP contribution in [-0.4, -0.2) is 32.2 Å². The molecule has 17 heavy (non-hydrogen) atoms. The Labute approximate surface area is 106 Å². The Bertz CT molecular complexity index is 341. The van der Waals surface area contributed by atoms with Crippen LogP contribution in [0, 0.1) is 0 Å². The number of rotatable bonds is 7. The summed E-state index contributed by atoms with van der Waals surface area (Å²) in [7, 11) is 0. The van der Waals surface area contributed by atoms with Gasteiger partial charge in [-0.05, 0) is 30.8 Å². The fourth-order valence-electron chi connectivity index (χ4n) is 1.22. The van der Waals surface area contributed by atoms with Crippen molar-refractivity contribution >= 4 is 23.2 Å². The van der Waals surface area contributed by atoms with E-state index in [1.165, 1.54) is 0 Å². The Morgan fingerprint density at radius 1 is 1.35 bits per heavy atom. The normalized spacial score (nSPS) is 10.2. The molecule has 0 atom stereocenters. The number of benzene rings is 1. The number of halogens is 1. The van der Waals surface area contributed by atoms with Crippen molar-refractivity contribution in [3.05, 3.63) is 29.3 Å². The molecule has 1 amide bonds. The zero-order valence-electron chi connectivity index (χ0n) is 9.83. The Morgan fingerprint density at radius 3 is 2.71 bits per heavy atom. The highest BCUT2D eigenvalue weighted by molar-refractivity contribution is 6.30. The highest BCUT2D eigenvalue weighted by Crippen LogP contribution is 2.12. The molecule has 1 rings (SSSR count). The molecule has 0 radical (unpaired) electrons. The predicted molar refractivity (Wildman–Crippen MR) is 69.4 cm³/mol. The standard InChI is InChI=1S/C12H17ClN2O2/c1-2-14-7-8-17-9-12(16)15-11-5-3-10(13)4-6-11/h3-6,14H,2,7-9H2,1H3,(H,15,16). The summed E-state index contributed by atoms with van der Waals surface area (Å²) in [4.78, 5) is 11.4. The number of likely N-dealkylation sites (N-methyl/N-ethyl adjacent to an activating group) is 1. The molecule has 4 nitrogen and oxygen atoms in total. The Morgan fingerprint density at radius 2 is 2.06 bits per heavy atom. The lowest BCUT2D eigenvalue weighted by molar-refractivity contribution is -0.120. The number of anilines is 1. The molecule has 0 aliphatic carbocycles. The van der Waals surface area contributed by atoms with Gasteiger partial charge >= 0.3 is 0 Å². The zero-order valence-corrected chi connectivity index (χ0v) is 10.6. The van der Waals surface area contributed by atoms with E-state index < -0.39 is 0 Å². The SMILES string of the molecule is CCNCCOCC(=O)Nc1ccc(Cl)cc1. The molecule has 0 saturated carbocycles. The number of amides is 1. The van der Waals surface area contributed by atoms with E-state index in [4.69, 9.17) is 16.3 Å². The smallest absolute Gasteiger partial charge is 0.250 e. The second kappa shape index (κ2) is 8.06. The summed E-state index contributed by atoms with van der Waals surface area (Å²) in [6.07, 6.45) is 0. The first-order valence-electron chi connectivity index (χ1n) is 5.56. The quantitative estimate of drug-likeness (QED) is 0.733. The number of hydrogen-bond donors (Lipinski definition) is 2. The first-order valence-corrected chi connectivity index (χ1v) is 5.94. The third-order valence-electron chi connectivity index (χ3n) is 2.03. The molecule has 0 spiro atoms. The van der Waals surface area contributed by atoms with E-state index in [-0.39, 0.29) is 12.5 Å². The number of nitrogens with one attached hydrogen (secondary N) is 2. The number of ether oxygens (including phenoxy) is 1. The van der Waals surface area contributed by atoms with Gasteiger partial charge in [0.05, 0.1) is 6.61 Å². The summed E-state index contributed by atoms with van der Waals surface area (Å²) < 4.78 is 5.19. The molecular weight excluding hydrogens is 240 g/mol. The van der Waals surface area contributed by atoms with E-state index in [9.17, 15) is 4.79 Å². The first-order chi connectivity index (χ1) is 8.22. The molecule has 0 heterocycles. The fourth-order valence-corrected chi connectivity index (χ4v) is 1.34. The van der Waals surface area contributed by atoms with Gasteiger partial charge in [-0.3, -0.25) is 4.79 Å². The minimum Gasteiger partial charge on any atom is -0.370 e. The molecule has 0 aliphatic heterocycles. The molecule has 0 aromatic heterocycles. The van der Waals surface area contributed by atoms with Crippen LogP contribution in [0.2, 0.25) is 5.02 Å². The molecule has 1 aromatic carbocycles. The van der Waals surface area contributed by atoms with Gasteiger partial charge in [-0.2, -0.15) is 0 Å². The van der Waals surface area contributed by atoms with Gasteiger partial charge in [0.15, 0.2) is 0 Å². The molecule has 94 valence electrons. The summed E-state index contributed by atoms with van der Waals surface area (Å²) in [5, 5.41) is 6.47. The van der Waals surface area contributed by atoms with Crippen LogP contribution >= 0.6 is 11.6 Å². The molecular formula is C12H17ClN2O2. The van der Waals surface area contributed by atoms with Crippen molar-refractivity contribution in [3.63, 3.8) is 0 Å². The van der Waals surface area contributed by atoms with Crippen molar-refractivity contribution in [3.8, 4) is 0 Å². The lowest BCUT2D eigenvalue weighted by atomic mass is 10.3. The van der Waals surface area contributed by atoms with Gasteiger partial charge < -0.3 is 15.4 Å². The number of carbonyl (C=O) groups is 1. The maximum atomic E-state index is 11.4. The minimum absolute atomic E-state index is 0.0635. The Kier molecular flexibility index (Phi) is 6.62. The van der Waals surface area contributed by atoms with E-state index >= 15 is 0 Å². The highest BCUT2D eigenvalue weighted by Gasteiger charge is 2.01. The van der Waals surface area contributed by atoms with Crippen molar-refractivity contribution in [2.45, 2.75) is 6.92 Å². The number of hydrogen-bond acceptors (Lipinski definition) is 3. The van der Waals surface area contributed by atoms with E-state index in [1.807, 2.05) is 6.92 Å². The van der Waals surface area contributed by atoms with Crippen LogP contribution in [0.3, 0.4) is 0 Å². The average Bonchev–Trinajstić information content (AvgIpc) is 2.32. The summed E-state index contributed by atoms with van der Waals surface area (Å²) in [5.41, 5.74) is 0.717. The third kappa shape index (κ3) is 6.26. The van der Waals surface area contributed by atoms with Crippen molar-refractivity contribution in [1.82, 2.24) is 5.32 Å². The van der Waals surface area contributed by atoms with Gasteiger partial charge in [0.1, 0.15) is 6.61 Å². The Balaban J connectivity index is 2.18. The van der Waals surface area contributed by atoms with Crippen molar-refractivity contribution < 1.29 is 9.53 Å². The van der Waals surface area contributed by atoms with E-state index in [0.29, 0.717) is 11.6 Å². The fraction of sp³-hybridized carbons (Fsp3) is 0.417. The largest absolute Gasteiger partial charge is 0.370 e. The lowest BCUT2D eigenvalue weighted by Crippen LogP contribution is -2.23. The van der Waals surface area contributed by atoms with Gasteiger partial charge in [0.2, 0.25) is 5.91 Å². The topological polar surface area (TPSA) is 50.4 Å². The minimum atomic E-state index is -0.163. The summed E-state index contributed by atoms with van der Waals surface area (Å²) in [6.45, 7) is 4.27. The van der Waals surface area contributed by atoms with Gasteiger partial charge in [0.25, 0.3) is 0 Å². The van der Waals surface area contributed by atoms with Crippen LogP contribution < -0.4 is 10.6 Å². The maximum absolute atomic E-state index is 11.4. The van der Waals surface area contributed by atoms with Gasteiger partial charge in [-0.25, -0.2) is 0 Å².